The first-order chi connectivity index (χ1) is 6.70. The van der Waals surface area contributed by atoms with Gasteiger partial charge < -0.3 is 16.4 Å². The Hall–Kier alpha value is -1.10. The number of hydrogen-bond acceptors (Lipinski definition) is 3. The summed E-state index contributed by atoms with van der Waals surface area (Å²) in [5, 5.41) is 5.73. The average Bonchev–Trinajstić information content (AvgIpc) is 1.96. The lowest BCUT2D eigenvalue weighted by Crippen LogP contribution is -2.46. The van der Waals surface area contributed by atoms with Gasteiger partial charge in [0, 0.05) is 18.0 Å². The molecule has 0 saturated carbocycles. The third-order valence-corrected chi connectivity index (χ3v) is 1.63. The number of amides is 2. The molecule has 2 amide bonds. The SMILES string of the molecule is CC(CC(N)=O)NCC(=O)NC(C)(C)C. The molecule has 0 saturated heterocycles. The number of hydrogen-bond donors (Lipinski definition) is 3. The molecule has 1 unspecified atom stereocenters. The van der Waals surface area contributed by atoms with E-state index in [4.69, 9.17) is 5.73 Å². The Bertz CT molecular complexity index is 233. The molecule has 4 N–H and O–H groups in total. The van der Waals surface area contributed by atoms with Gasteiger partial charge in [0.2, 0.25) is 11.8 Å². The minimum absolute atomic E-state index is 0.0757. The molecule has 0 aliphatic heterocycles. The van der Waals surface area contributed by atoms with E-state index in [1.54, 1.807) is 0 Å². The quantitative estimate of drug-likeness (QED) is 0.591. The van der Waals surface area contributed by atoms with Gasteiger partial charge in [-0.05, 0) is 27.7 Å². The summed E-state index contributed by atoms with van der Waals surface area (Å²) in [6.45, 7) is 7.76. The third-order valence-electron chi connectivity index (χ3n) is 1.63. The summed E-state index contributed by atoms with van der Waals surface area (Å²) >= 11 is 0. The predicted octanol–water partition coefficient (Wildman–Crippen LogP) is -0.245. The highest BCUT2D eigenvalue weighted by molar-refractivity contribution is 5.79. The molecule has 0 radical (unpaired) electrons. The van der Waals surface area contributed by atoms with E-state index in [0.29, 0.717) is 0 Å². The van der Waals surface area contributed by atoms with Crippen LogP contribution in [0.3, 0.4) is 0 Å². The smallest absolute Gasteiger partial charge is 0.234 e. The van der Waals surface area contributed by atoms with E-state index in [-0.39, 0.29) is 36.4 Å². The Morgan fingerprint density at radius 3 is 2.27 bits per heavy atom. The molecule has 0 heterocycles. The van der Waals surface area contributed by atoms with Gasteiger partial charge in [0.25, 0.3) is 0 Å². The highest BCUT2D eigenvalue weighted by Crippen LogP contribution is 1.97. The van der Waals surface area contributed by atoms with Crippen molar-refractivity contribution in [2.45, 2.75) is 45.7 Å². The van der Waals surface area contributed by atoms with E-state index in [1.165, 1.54) is 0 Å². The van der Waals surface area contributed by atoms with E-state index in [0.717, 1.165) is 0 Å². The molecule has 0 fully saturated rings. The number of primary amides is 1. The van der Waals surface area contributed by atoms with Crippen molar-refractivity contribution in [1.29, 1.82) is 0 Å². The number of carbonyl (C=O) groups excluding carboxylic acids is 2. The van der Waals surface area contributed by atoms with Crippen LogP contribution in [0.2, 0.25) is 0 Å². The van der Waals surface area contributed by atoms with Crippen LogP contribution in [0.4, 0.5) is 0 Å². The van der Waals surface area contributed by atoms with Crippen LogP contribution in [-0.4, -0.2) is 29.9 Å². The molecule has 0 aliphatic rings. The van der Waals surface area contributed by atoms with Gasteiger partial charge in [0.05, 0.1) is 6.54 Å². The molecule has 0 bridgehead atoms. The Kier molecular flexibility index (Phi) is 5.28. The van der Waals surface area contributed by atoms with Crippen molar-refractivity contribution >= 4 is 11.8 Å². The zero-order valence-electron chi connectivity index (χ0n) is 9.89. The number of carbonyl (C=O) groups is 2. The summed E-state index contributed by atoms with van der Waals surface area (Å²) in [6.07, 6.45) is 0.239. The first kappa shape index (κ1) is 13.9. The topological polar surface area (TPSA) is 84.2 Å². The highest BCUT2D eigenvalue weighted by Gasteiger charge is 2.14. The van der Waals surface area contributed by atoms with Gasteiger partial charge in [-0.15, -0.1) is 0 Å². The van der Waals surface area contributed by atoms with Gasteiger partial charge in [0.15, 0.2) is 0 Å². The van der Waals surface area contributed by atoms with E-state index < -0.39 is 0 Å². The van der Waals surface area contributed by atoms with Crippen molar-refractivity contribution in [3.05, 3.63) is 0 Å². The molecule has 88 valence electrons. The Morgan fingerprint density at radius 1 is 1.33 bits per heavy atom. The fraction of sp³-hybridized carbons (Fsp3) is 0.800. The van der Waals surface area contributed by atoms with Gasteiger partial charge >= 0.3 is 0 Å². The van der Waals surface area contributed by atoms with Crippen LogP contribution in [0.5, 0.6) is 0 Å². The van der Waals surface area contributed by atoms with Gasteiger partial charge in [0.1, 0.15) is 0 Å². The summed E-state index contributed by atoms with van der Waals surface area (Å²) in [5.41, 5.74) is 4.79. The maximum atomic E-state index is 11.4. The van der Waals surface area contributed by atoms with Gasteiger partial charge in [-0.3, -0.25) is 9.59 Å². The summed E-state index contributed by atoms with van der Waals surface area (Å²) in [6, 6.07) is -0.0757. The van der Waals surface area contributed by atoms with Crippen LogP contribution in [0.1, 0.15) is 34.1 Å². The normalized spacial score (nSPS) is 13.3. The van der Waals surface area contributed by atoms with Crippen molar-refractivity contribution in [1.82, 2.24) is 10.6 Å². The van der Waals surface area contributed by atoms with E-state index in [9.17, 15) is 9.59 Å². The van der Waals surface area contributed by atoms with E-state index in [2.05, 4.69) is 10.6 Å². The lowest BCUT2D eigenvalue weighted by molar-refractivity contribution is -0.122. The minimum atomic E-state index is -0.369. The zero-order valence-corrected chi connectivity index (χ0v) is 9.89. The molecule has 1 atom stereocenters. The standard InChI is InChI=1S/C10H21N3O2/c1-7(5-8(11)14)12-6-9(15)13-10(2,3)4/h7,12H,5-6H2,1-4H3,(H2,11,14)(H,13,15). The first-order valence-electron chi connectivity index (χ1n) is 5.03. The summed E-state index contributed by atoms with van der Waals surface area (Å²) in [7, 11) is 0. The maximum Gasteiger partial charge on any atom is 0.234 e. The third kappa shape index (κ3) is 9.21. The predicted molar refractivity (Wildman–Crippen MR) is 59.2 cm³/mol. The van der Waals surface area contributed by atoms with Crippen LogP contribution < -0.4 is 16.4 Å². The molecule has 5 heteroatoms. The van der Waals surface area contributed by atoms with Gasteiger partial charge in [-0.1, -0.05) is 0 Å². The lowest BCUT2D eigenvalue weighted by Gasteiger charge is -2.21. The monoisotopic (exact) mass is 215 g/mol. The Morgan fingerprint density at radius 2 is 1.87 bits per heavy atom. The zero-order chi connectivity index (χ0) is 12.1. The Balaban J connectivity index is 3.76. The van der Waals surface area contributed by atoms with Crippen LogP contribution in [-0.2, 0) is 9.59 Å². The average molecular weight is 215 g/mol. The summed E-state index contributed by atoms with van der Waals surface area (Å²) in [4.78, 5) is 21.9. The molecular formula is C10H21N3O2. The second-order valence-corrected chi connectivity index (χ2v) is 4.75. The number of nitrogens with one attached hydrogen (secondary N) is 2. The fourth-order valence-electron chi connectivity index (χ4n) is 1.10. The molecule has 0 rings (SSSR count). The molecular weight excluding hydrogens is 194 g/mol. The van der Waals surface area contributed by atoms with Crippen molar-refractivity contribution in [2.75, 3.05) is 6.54 Å². The molecule has 0 aromatic carbocycles. The molecule has 0 spiro atoms. The van der Waals surface area contributed by atoms with Crippen molar-refractivity contribution < 1.29 is 9.59 Å². The highest BCUT2D eigenvalue weighted by atomic mass is 16.2. The number of nitrogens with two attached hydrogens (primary N) is 1. The summed E-state index contributed by atoms with van der Waals surface area (Å²) < 4.78 is 0. The maximum absolute atomic E-state index is 11.4. The molecule has 0 aromatic heterocycles. The largest absolute Gasteiger partial charge is 0.370 e. The van der Waals surface area contributed by atoms with Gasteiger partial charge in [-0.25, -0.2) is 0 Å². The fourth-order valence-corrected chi connectivity index (χ4v) is 1.10. The lowest BCUT2D eigenvalue weighted by atomic mass is 10.1. The summed E-state index contributed by atoms with van der Waals surface area (Å²) in [5.74, 6) is -0.454. The first-order valence-corrected chi connectivity index (χ1v) is 5.03. The van der Waals surface area contributed by atoms with Crippen LogP contribution in [0.15, 0.2) is 0 Å². The number of rotatable bonds is 5. The van der Waals surface area contributed by atoms with Crippen molar-refractivity contribution in [3.63, 3.8) is 0 Å². The Labute approximate surface area is 90.8 Å². The second kappa shape index (κ2) is 5.70. The second-order valence-electron chi connectivity index (χ2n) is 4.75. The van der Waals surface area contributed by atoms with Crippen molar-refractivity contribution in [2.24, 2.45) is 5.73 Å². The van der Waals surface area contributed by atoms with E-state index >= 15 is 0 Å². The molecule has 0 aromatic rings. The van der Waals surface area contributed by atoms with Crippen LogP contribution in [0.25, 0.3) is 0 Å². The minimum Gasteiger partial charge on any atom is -0.370 e. The van der Waals surface area contributed by atoms with Gasteiger partial charge in [-0.2, -0.15) is 0 Å². The molecule has 0 aliphatic carbocycles. The molecule has 5 nitrogen and oxygen atoms in total. The van der Waals surface area contributed by atoms with E-state index in [1.807, 2.05) is 27.7 Å². The van der Waals surface area contributed by atoms with Crippen molar-refractivity contribution in [3.8, 4) is 0 Å². The van der Waals surface area contributed by atoms with Crippen LogP contribution >= 0.6 is 0 Å². The van der Waals surface area contributed by atoms with Crippen LogP contribution in [0, 0.1) is 0 Å². The molecule has 15 heavy (non-hydrogen) atoms.